The molecular weight excluding hydrogens is 581 g/mol. The number of halogens is 2. The molecule has 1 saturated heterocycles. The van der Waals surface area contributed by atoms with Crippen LogP contribution < -0.4 is 15.8 Å². The predicted molar refractivity (Wildman–Crippen MR) is 159 cm³/mol. The first kappa shape index (κ1) is 27.2. The molecule has 0 radical (unpaired) electrons. The highest BCUT2D eigenvalue weighted by Crippen LogP contribution is 2.20. The fourth-order valence-corrected chi connectivity index (χ4v) is 5.46. The van der Waals surface area contributed by atoms with Crippen molar-refractivity contribution >= 4 is 50.6 Å². The molecule has 4 aromatic rings. The first-order valence-electron chi connectivity index (χ1n) is 12.9. The summed E-state index contributed by atoms with van der Waals surface area (Å²) in [6, 6.07) is 19.6. The zero-order chi connectivity index (χ0) is 27.4. The van der Waals surface area contributed by atoms with Crippen molar-refractivity contribution in [2.75, 3.05) is 44.2 Å². The highest BCUT2D eigenvalue weighted by atomic mass is 79.9. The van der Waals surface area contributed by atoms with E-state index in [1.54, 1.807) is 24.3 Å². The van der Waals surface area contributed by atoms with Gasteiger partial charge in [-0.25, -0.2) is 4.39 Å². The minimum Gasteiger partial charge on any atom is -0.367 e. The van der Waals surface area contributed by atoms with Crippen LogP contribution in [0.25, 0.3) is 10.9 Å². The minimum absolute atomic E-state index is 0.129. The molecule has 1 aromatic heterocycles. The fraction of sp³-hybridized carbons (Fsp3) is 0.276. The standard InChI is InChI=1S/C29H29BrFN5O2S/c30-22-10-11-25-23(18-22)28(38)36(29(39)33-25)19-20-6-8-21(9-7-20)27(37)32-12-3-13-34-14-16-35(17-15-34)26-5-2-1-4-24(26)31/h1-2,4-11,18H,3,12-17,19H2,(H,32,37)(H,33,39). The number of hydrogen-bond acceptors (Lipinski definition) is 5. The van der Waals surface area contributed by atoms with Gasteiger partial charge in [0.25, 0.3) is 11.5 Å². The van der Waals surface area contributed by atoms with Crippen LogP contribution in [-0.2, 0) is 6.54 Å². The molecule has 0 saturated carbocycles. The van der Waals surface area contributed by atoms with Gasteiger partial charge in [0.15, 0.2) is 4.77 Å². The number of amides is 1. The number of carbonyl (C=O) groups is 1. The number of aromatic amines is 1. The highest BCUT2D eigenvalue weighted by Gasteiger charge is 2.19. The number of aromatic nitrogens is 2. The van der Waals surface area contributed by atoms with Crippen molar-refractivity contribution < 1.29 is 9.18 Å². The number of nitrogens with one attached hydrogen (secondary N) is 2. The topological polar surface area (TPSA) is 73.4 Å². The Bertz CT molecular complexity index is 1600. The second-order valence-electron chi connectivity index (χ2n) is 9.60. The smallest absolute Gasteiger partial charge is 0.262 e. The summed E-state index contributed by atoms with van der Waals surface area (Å²) >= 11 is 8.83. The molecule has 1 amide bonds. The molecule has 0 unspecified atom stereocenters. The van der Waals surface area contributed by atoms with E-state index >= 15 is 0 Å². The number of carbonyl (C=O) groups excluding carboxylic acids is 1. The number of anilines is 1. The second kappa shape index (κ2) is 12.2. The lowest BCUT2D eigenvalue weighted by Gasteiger charge is -2.36. The molecule has 39 heavy (non-hydrogen) atoms. The Morgan fingerprint density at radius 3 is 2.51 bits per heavy atom. The Kier molecular flexibility index (Phi) is 8.54. The number of hydrogen-bond donors (Lipinski definition) is 2. The second-order valence-corrected chi connectivity index (χ2v) is 10.9. The first-order chi connectivity index (χ1) is 18.9. The molecule has 10 heteroatoms. The van der Waals surface area contributed by atoms with Crippen LogP contribution in [0.5, 0.6) is 0 Å². The summed E-state index contributed by atoms with van der Waals surface area (Å²) in [5.41, 5.74) is 2.64. The van der Waals surface area contributed by atoms with Crippen LogP contribution in [-0.4, -0.2) is 59.6 Å². The van der Waals surface area contributed by atoms with Gasteiger partial charge in [0, 0.05) is 42.8 Å². The average Bonchev–Trinajstić information content (AvgIpc) is 2.95. The number of fused-ring (bicyclic) bond motifs is 1. The lowest BCUT2D eigenvalue weighted by atomic mass is 10.1. The Hall–Kier alpha value is -3.34. The number of piperazine rings is 1. The third-order valence-corrected chi connectivity index (χ3v) is 7.82. The van der Waals surface area contributed by atoms with Gasteiger partial charge in [-0.05, 0) is 73.2 Å². The van der Waals surface area contributed by atoms with Crippen molar-refractivity contribution in [1.29, 1.82) is 0 Å². The summed E-state index contributed by atoms with van der Waals surface area (Å²) in [5.74, 6) is -0.308. The van der Waals surface area contributed by atoms with E-state index in [0.29, 0.717) is 40.0 Å². The van der Waals surface area contributed by atoms with Crippen LogP contribution in [0.3, 0.4) is 0 Å². The highest BCUT2D eigenvalue weighted by molar-refractivity contribution is 9.10. The first-order valence-corrected chi connectivity index (χ1v) is 14.1. The maximum Gasteiger partial charge on any atom is 0.262 e. The lowest BCUT2D eigenvalue weighted by Crippen LogP contribution is -2.47. The van der Waals surface area contributed by atoms with E-state index in [2.05, 4.69) is 36.0 Å². The van der Waals surface area contributed by atoms with E-state index in [1.807, 2.05) is 36.4 Å². The normalized spacial score (nSPS) is 14.1. The molecule has 0 aliphatic carbocycles. The monoisotopic (exact) mass is 609 g/mol. The Morgan fingerprint density at radius 2 is 1.77 bits per heavy atom. The Balaban J connectivity index is 1.09. The van der Waals surface area contributed by atoms with Crippen LogP contribution in [0.4, 0.5) is 10.1 Å². The SMILES string of the molecule is O=C(NCCCN1CCN(c2ccccc2F)CC1)c1ccc(Cn2c(=S)[nH]c3ccc(Br)cc3c2=O)cc1. The molecule has 2 heterocycles. The van der Waals surface area contributed by atoms with Gasteiger partial charge in [-0.1, -0.05) is 40.2 Å². The molecule has 3 aromatic carbocycles. The van der Waals surface area contributed by atoms with Crippen molar-refractivity contribution in [2.45, 2.75) is 13.0 Å². The Labute approximate surface area is 239 Å². The number of benzene rings is 3. The Morgan fingerprint density at radius 1 is 1.03 bits per heavy atom. The zero-order valence-corrected chi connectivity index (χ0v) is 23.7. The number of nitrogens with zero attached hydrogens (tertiary/aromatic N) is 3. The minimum atomic E-state index is -0.179. The quantitative estimate of drug-likeness (QED) is 0.218. The molecular formula is C29H29BrFN5O2S. The van der Waals surface area contributed by atoms with Crippen molar-refractivity contribution in [3.63, 3.8) is 0 Å². The van der Waals surface area contributed by atoms with E-state index in [4.69, 9.17) is 12.2 Å². The molecule has 0 spiro atoms. The van der Waals surface area contributed by atoms with Crippen molar-refractivity contribution in [3.8, 4) is 0 Å². The molecule has 7 nitrogen and oxygen atoms in total. The summed E-state index contributed by atoms with van der Waals surface area (Å²) < 4.78 is 16.7. The third kappa shape index (κ3) is 6.46. The molecule has 1 aliphatic heterocycles. The van der Waals surface area contributed by atoms with E-state index in [0.717, 1.165) is 49.2 Å². The average molecular weight is 611 g/mol. The van der Waals surface area contributed by atoms with Crippen molar-refractivity contribution in [3.05, 3.63) is 103 Å². The van der Waals surface area contributed by atoms with Gasteiger partial charge in [0.1, 0.15) is 5.82 Å². The number of rotatable bonds is 8. The molecule has 202 valence electrons. The largest absolute Gasteiger partial charge is 0.367 e. The van der Waals surface area contributed by atoms with Crippen LogP contribution in [0.2, 0.25) is 0 Å². The van der Waals surface area contributed by atoms with E-state index in [-0.39, 0.29) is 17.3 Å². The van der Waals surface area contributed by atoms with Gasteiger partial charge in [-0.15, -0.1) is 0 Å². The molecule has 0 atom stereocenters. The van der Waals surface area contributed by atoms with Crippen molar-refractivity contribution in [2.24, 2.45) is 0 Å². The molecule has 0 bridgehead atoms. The predicted octanol–water partition coefficient (Wildman–Crippen LogP) is 4.95. The van der Waals surface area contributed by atoms with Crippen LogP contribution in [0.1, 0.15) is 22.3 Å². The molecule has 2 N–H and O–H groups in total. The van der Waals surface area contributed by atoms with E-state index in [9.17, 15) is 14.0 Å². The van der Waals surface area contributed by atoms with Gasteiger partial charge in [0.05, 0.1) is 23.1 Å². The van der Waals surface area contributed by atoms with Crippen molar-refractivity contribution in [1.82, 2.24) is 19.8 Å². The number of para-hydroxylation sites is 1. The van der Waals surface area contributed by atoms with E-state index < -0.39 is 0 Å². The maximum absolute atomic E-state index is 14.0. The summed E-state index contributed by atoms with van der Waals surface area (Å²) in [6.45, 7) is 5.06. The van der Waals surface area contributed by atoms with Gasteiger partial charge < -0.3 is 15.2 Å². The van der Waals surface area contributed by atoms with Crippen LogP contribution >= 0.6 is 28.1 Å². The summed E-state index contributed by atoms with van der Waals surface area (Å²) in [4.78, 5) is 33.2. The van der Waals surface area contributed by atoms with Crippen LogP contribution in [0, 0.1) is 10.6 Å². The lowest BCUT2D eigenvalue weighted by molar-refractivity contribution is 0.0951. The fourth-order valence-electron chi connectivity index (χ4n) is 4.84. The van der Waals surface area contributed by atoms with E-state index in [1.165, 1.54) is 10.6 Å². The van der Waals surface area contributed by atoms with Gasteiger partial charge >= 0.3 is 0 Å². The summed E-state index contributed by atoms with van der Waals surface area (Å²) in [6.07, 6.45) is 0.836. The number of H-pyrrole nitrogens is 1. The van der Waals surface area contributed by atoms with Gasteiger partial charge in [0.2, 0.25) is 0 Å². The summed E-state index contributed by atoms with van der Waals surface area (Å²) in [5, 5.41) is 3.54. The molecule has 5 rings (SSSR count). The molecule has 1 aliphatic rings. The molecule has 1 fully saturated rings. The van der Waals surface area contributed by atoms with Crippen LogP contribution in [0.15, 0.2) is 76.0 Å². The zero-order valence-electron chi connectivity index (χ0n) is 21.3. The summed E-state index contributed by atoms with van der Waals surface area (Å²) in [7, 11) is 0. The van der Waals surface area contributed by atoms with Gasteiger partial charge in [-0.3, -0.25) is 19.1 Å². The maximum atomic E-state index is 14.0. The van der Waals surface area contributed by atoms with Gasteiger partial charge in [-0.2, -0.15) is 0 Å². The third-order valence-electron chi connectivity index (χ3n) is 7.00.